The molecule has 2 aromatic heterocycles. The van der Waals surface area contributed by atoms with E-state index in [-0.39, 0.29) is 18.0 Å². The molecule has 2 aliphatic heterocycles. The zero-order valence-electron chi connectivity index (χ0n) is 18.2. The Morgan fingerprint density at radius 1 is 1.03 bits per heavy atom. The van der Waals surface area contributed by atoms with Crippen LogP contribution in [0.2, 0.25) is 0 Å². The zero-order valence-corrected chi connectivity index (χ0v) is 18.2. The Morgan fingerprint density at radius 3 is 2.66 bits per heavy atom. The maximum Gasteiger partial charge on any atom is 0.259 e. The molecule has 3 aromatic rings. The van der Waals surface area contributed by atoms with Crippen molar-refractivity contribution in [1.29, 1.82) is 0 Å². The predicted octanol–water partition coefficient (Wildman–Crippen LogP) is 4.61. The van der Waals surface area contributed by atoms with E-state index < -0.39 is 0 Å². The second-order valence-corrected chi connectivity index (χ2v) is 8.36. The van der Waals surface area contributed by atoms with Crippen molar-refractivity contribution in [2.45, 2.75) is 38.3 Å². The van der Waals surface area contributed by atoms with E-state index in [4.69, 9.17) is 9.47 Å². The molecular weight excluding hydrogens is 402 g/mol. The summed E-state index contributed by atoms with van der Waals surface area (Å²) in [5.74, 6) is 1.35. The van der Waals surface area contributed by atoms with Gasteiger partial charge in [-0.1, -0.05) is 36.4 Å². The fourth-order valence-corrected chi connectivity index (χ4v) is 5.02. The van der Waals surface area contributed by atoms with E-state index in [1.54, 1.807) is 12.4 Å². The van der Waals surface area contributed by atoms with E-state index >= 15 is 0 Å². The highest BCUT2D eigenvalue weighted by Crippen LogP contribution is 2.43. The van der Waals surface area contributed by atoms with Crippen molar-refractivity contribution in [3.63, 3.8) is 0 Å². The number of fused-ring (bicyclic) bond motifs is 2. The van der Waals surface area contributed by atoms with Gasteiger partial charge in [0.15, 0.2) is 0 Å². The molecule has 2 fully saturated rings. The van der Waals surface area contributed by atoms with Gasteiger partial charge in [-0.2, -0.15) is 0 Å². The molecule has 6 nitrogen and oxygen atoms in total. The van der Waals surface area contributed by atoms with Crippen molar-refractivity contribution in [3.8, 4) is 22.9 Å². The van der Waals surface area contributed by atoms with Crippen LogP contribution in [0.1, 0.15) is 36.5 Å². The molecule has 2 saturated heterocycles. The Bertz CT molecular complexity index is 1070. The second-order valence-electron chi connectivity index (χ2n) is 8.36. The van der Waals surface area contributed by atoms with Gasteiger partial charge in [-0.15, -0.1) is 0 Å². The molecule has 3 unspecified atom stereocenters. The maximum absolute atomic E-state index is 13.8. The zero-order chi connectivity index (χ0) is 21.9. The fraction of sp³-hybridized carbons (Fsp3) is 0.346. The summed E-state index contributed by atoms with van der Waals surface area (Å²) >= 11 is 0. The first-order chi connectivity index (χ1) is 15.7. The van der Waals surface area contributed by atoms with Crippen LogP contribution >= 0.6 is 0 Å². The minimum absolute atomic E-state index is 0.00608. The first-order valence-electron chi connectivity index (χ1n) is 11.3. The van der Waals surface area contributed by atoms with Crippen molar-refractivity contribution in [2.24, 2.45) is 5.92 Å². The minimum atomic E-state index is 0.00608. The topological polar surface area (TPSA) is 64.5 Å². The van der Waals surface area contributed by atoms with Crippen molar-refractivity contribution in [3.05, 3.63) is 72.6 Å². The van der Waals surface area contributed by atoms with Crippen molar-refractivity contribution in [2.75, 3.05) is 13.2 Å². The number of carbonyl (C=O) groups excluding carboxylic acids is 1. The Labute approximate surface area is 188 Å². The van der Waals surface area contributed by atoms with Crippen LogP contribution in [0, 0.1) is 5.92 Å². The first kappa shape index (κ1) is 20.5. The number of benzene rings is 1. The first-order valence-corrected chi connectivity index (χ1v) is 11.3. The quantitative estimate of drug-likeness (QED) is 0.549. The van der Waals surface area contributed by atoms with Crippen LogP contribution < -0.4 is 9.47 Å². The third kappa shape index (κ3) is 3.93. The average molecular weight is 430 g/mol. The standard InChI is InChI=1S/C26H27N3O3/c1-2-31-25-22(15-19(16-28-25)18-8-4-3-5-9-18)26(30)29-21-11-12-23(29)20(14-21)17-32-24-10-6-7-13-27-24/h3-10,13,15-16,20-21,23H,2,11-12,14,17H2,1H3. The summed E-state index contributed by atoms with van der Waals surface area (Å²) < 4.78 is 11.7. The van der Waals surface area contributed by atoms with Gasteiger partial charge in [0.1, 0.15) is 5.56 Å². The third-order valence-corrected chi connectivity index (χ3v) is 6.45. The Hall–Kier alpha value is -3.41. The number of pyridine rings is 2. The third-order valence-electron chi connectivity index (χ3n) is 6.45. The highest BCUT2D eigenvalue weighted by Gasteiger charge is 2.49. The summed E-state index contributed by atoms with van der Waals surface area (Å²) in [6, 6.07) is 18.0. The molecule has 32 heavy (non-hydrogen) atoms. The number of ether oxygens (including phenoxy) is 2. The molecule has 2 bridgehead atoms. The SMILES string of the molecule is CCOc1ncc(-c2ccccc2)cc1C(=O)N1C2CCC1C(COc1ccccn1)C2. The number of amides is 1. The molecule has 6 heteroatoms. The molecule has 0 N–H and O–H groups in total. The number of hydrogen-bond donors (Lipinski definition) is 0. The number of nitrogens with zero attached hydrogens (tertiary/aromatic N) is 3. The Morgan fingerprint density at radius 2 is 1.88 bits per heavy atom. The van der Waals surface area contributed by atoms with Crippen molar-refractivity contribution in [1.82, 2.24) is 14.9 Å². The highest BCUT2D eigenvalue weighted by molar-refractivity contribution is 5.98. The minimum Gasteiger partial charge on any atom is -0.477 e. The lowest BCUT2D eigenvalue weighted by Crippen LogP contribution is -2.37. The molecule has 0 aliphatic carbocycles. The van der Waals surface area contributed by atoms with Crippen LogP contribution in [-0.2, 0) is 0 Å². The summed E-state index contributed by atoms with van der Waals surface area (Å²) in [6.07, 6.45) is 6.50. The average Bonchev–Trinajstić information content (AvgIpc) is 3.42. The lowest BCUT2D eigenvalue weighted by Gasteiger charge is -2.25. The van der Waals surface area contributed by atoms with Gasteiger partial charge in [-0.05, 0) is 43.9 Å². The molecule has 4 heterocycles. The number of carbonyl (C=O) groups is 1. The van der Waals surface area contributed by atoms with E-state index in [9.17, 15) is 4.79 Å². The van der Waals surface area contributed by atoms with Crippen LogP contribution in [0.25, 0.3) is 11.1 Å². The molecule has 0 saturated carbocycles. The van der Waals surface area contributed by atoms with Gasteiger partial charge in [0.2, 0.25) is 11.8 Å². The van der Waals surface area contributed by atoms with E-state index in [2.05, 4.69) is 14.9 Å². The summed E-state index contributed by atoms with van der Waals surface area (Å²) in [5, 5.41) is 0. The molecule has 1 aromatic carbocycles. The van der Waals surface area contributed by atoms with Crippen molar-refractivity contribution >= 4 is 5.91 Å². The molecule has 3 atom stereocenters. The Balaban J connectivity index is 1.38. The lowest BCUT2D eigenvalue weighted by atomic mass is 9.90. The van der Waals surface area contributed by atoms with Crippen LogP contribution in [0.5, 0.6) is 11.8 Å². The van der Waals surface area contributed by atoms with Gasteiger partial charge in [0, 0.05) is 42.0 Å². The van der Waals surface area contributed by atoms with E-state index in [0.29, 0.717) is 36.5 Å². The summed E-state index contributed by atoms with van der Waals surface area (Å²) in [6.45, 7) is 2.94. The van der Waals surface area contributed by atoms with Crippen LogP contribution in [-0.4, -0.2) is 46.1 Å². The van der Waals surface area contributed by atoms with Crippen LogP contribution in [0.3, 0.4) is 0 Å². The van der Waals surface area contributed by atoms with E-state index in [1.807, 2.05) is 61.5 Å². The Kier molecular flexibility index (Phi) is 5.75. The van der Waals surface area contributed by atoms with Gasteiger partial charge in [-0.3, -0.25) is 4.79 Å². The van der Waals surface area contributed by atoms with Crippen LogP contribution in [0.15, 0.2) is 67.0 Å². The number of aromatic nitrogens is 2. The molecule has 5 rings (SSSR count). The van der Waals surface area contributed by atoms with Gasteiger partial charge in [0.25, 0.3) is 5.91 Å². The number of hydrogen-bond acceptors (Lipinski definition) is 5. The summed E-state index contributed by atoms with van der Waals surface area (Å²) in [4.78, 5) is 24.6. The molecule has 1 amide bonds. The summed E-state index contributed by atoms with van der Waals surface area (Å²) in [5.41, 5.74) is 2.48. The van der Waals surface area contributed by atoms with Gasteiger partial charge >= 0.3 is 0 Å². The van der Waals surface area contributed by atoms with Gasteiger partial charge in [-0.25, -0.2) is 9.97 Å². The predicted molar refractivity (Wildman–Crippen MR) is 122 cm³/mol. The highest BCUT2D eigenvalue weighted by atomic mass is 16.5. The monoisotopic (exact) mass is 429 g/mol. The number of rotatable bonds is 7. The van der Waals surface area contributed by atoms with Crippen LogP contribution in [0.4, 0.5) is 0 Å². The normalized spacial score (nSPS) is 21.5. The smallest absolute Gasteiger partial charge is 0.259 e. The molecular formula is C26H27N3O3. The van der Waals surface area contributed by atoms with E-state index in [1.165, 1.54) is 0 Å². The van der Waals surface area contributed by atoms with Crippen molar-refractivity contribution < 1.29 is 14.3 Å². The molecule has 2 aliphatic rings. The lowest BCUT2D eigenvalue weighted by molar-refractivity contribution is 0.0705. The van der Waals surface area contributed by atoms with E-state index in [0.717, 1.165) is 30.4 Å². The second kappa shape index (κ2) is 8.99. The molecule has 164 valence electrons. The maximum atomic E-state index is 13.8. The summed E-state index contributed by atoms with van der Waals surface area (Å²) in [7, 11) is 0. The molecule has 0 radical (unpaired) electrons. The largest absolute Gasteiger partial charge is 0.477 e. The van der Waals surface area contributed by atoms with Gasteiger partial charge in [0.05, 0.1) is 13.2 Å². The molecule has 0 spiro atoms. The van der Waals surface area contributed by atoms with Gasteiger partial charge < -0.3 is 14.4 Å². The fourth-order valence-electron chi connectivity index (χ4n) is 5.02.